The quantitative estimate of drug-likeness (QED) is 0.254. The summed E-state index contributed by atoms with van der Waals surface area (Å²) < 4.78 is 38.2. The number of terminal acetylenes is 1. The van der Waals surface area contributed by atoms with Crippen molar-refractivity contribution in [2.24, 2.45) is 0 Å². The lowest BCUT2D eigenvalue weighted by molar-refractivity contribution is 0.108. The van der Waals surface area contributed by atoms with Gasteiger partial charge in [-0.2, -0.15) is 21.7 Å². The molecule has 0 amide bonds. The first-order valence-electron chi connectivity index (χ1n) is 16.1. The number of hydrogen-bond donors (Lipinski definition) is 2. The molecule has 0 aliphatic carbocycles. The van der Waals surface area contributed by atoms with E-state index in [1.165, 1.54) is 24.3 Å². The summed E-state index contributed by atoms with van der Waals surface area (Å²) >= 11 is 2.00. The second-order valence-corrected chi connectivity index (χ2v) is 14.6. The molecule has 8 nitrogen and oxygen atoms in total. The van der Waals surface area contributed by atoms with Crippen molar-refractivity contribution in [2.45, 2.75) is 61.9 Å². The van der Waals surface area contributed by atoms with Gasteiger partial charge in [0.1, 0.15) is 35.2 Å². The van der Waals surface area contributed by atoms with Crippen LogP contribution in [-0.2, 0) is 0 Å². The van der Waals surface area contributed by atoms with Gasteiger partial charge >= 0.3 is 6.01 Å². The predicted octanol–water partition coefficient (Wildman–Crippen LogP) is 5.49. The molecule has 2 N–H and O–H groups in total. The van der Waals surface area contributed by atoms with Crippen LogP contribution in [0.25, 0.3) is 32.9 Å². The van der Waals surface area contributed by atoms with Gasteiger partial charge in [-0.1, -0.05) is 18.9 Å². The molecule has 4 aliphatic rings. The maximum Gasteiger partial charge on any atom is 0.319 e. The van der Waals surface area contributed by atoms with E-state index < -0.39 is 11.6 Å². The van der Waals surface area contributed by atoms with Crippen LogP contribution in [0, 0.1) is 24.0 Å². The van der Waals surface area contributed by atoms with Crippen LogP contribution in [0.5, 0.6) is 11.8 Å². The highest BCUT2D eigenvalue weighted by molar-refractivity contribution is 7.99. The second-order valence-electron chi connectivity index (χ2n) is 13.1. The van der Waals surface area contributed by atoms with Gasteiger partial charge in [0.25, 0.3) is 0 Å². The number of nitrogens with zero attached hydrogens (tertiary/aromatic N) is 5. The monoisotopic (exact) mass is 642 g/mol. The summed E-state index contributed by atoms with van der Waals surface area (Å²) in [6.45, 7) is 6.22. The lowest BCUT2D eigenvalue weighted by atomic mass is 9.95. The first-order chi connectivity index (χ1) is 22.4. The van der Waals surface area contributed by atoms with Crippen molar-refractivity contribution in [3.63, 3.8) is 0 Å². The number of pyridine rings is 1. The number of aromatic nitrogens is 3. The normalized spacial score (nSPS) is 25.8. The van der Waals surface area contributed by atoms with Crippen molar-refractivity contribution >= 4 is 39.3 Å². The molecule has 0 saturated carbocycles. The zero-order valence-corrected chi connectivity index (χ0v) is 26.5. The van der Waals surface area contributed by atoms with E-state index in [0.717, 1.165) is 64.0 Å². The van der Waals surface area contributed by atoms with Crippen LogP contribution in [0.15, 0.2) is 30.5 Å². The molecule has 46 heavy (non-hydrogen) atoms. The number of halogens is 2. The summed E-state index contributed by atoms with van der Waals surface area (Å²) in [5.74, 6) is 2.66. The Morgan fingerprint density at radius 2 is 2.00 bits per heavy atom. The molecular weight excluding hydrogens is 606 g/mol. The van der Waals surface area contributed by atoms with E-state index in [1.54, 1.807) is 6.20 Å². The first kappa shape index (κ1) is 29.7. The average Bonchev–Trinajstić information content (AvgIpc) is 3.71. The highest BCUT2D eigenvalue weighted by Crippen LogP contribution is 2.44. The minimum absolute atomic E-state index is 0.0195. The van der Waals surface area contributed by atoms with E-state index in [0.29, 0.717) is 45.9 Å². The smallest absolute Gasteiger partial charge is 0.319 e. The SMILES string of the molecule is C#Cc1c(F)ccc2cc(O)cc(-c3ncc4c(N5CC6CCC(C5)N6)nc(OC[C@]56CCCN5C[C@@H](SCC)C6)nc4c3F)c12. The highest BCUT2D eigenvalue weighted by Gasteiger charge is 2.49. The Balaban J connectivity index is 1.25. The van der Waals surface area contributed by atoms with Crippen molar-refractivity contribution < 1.29 is 18.6 Å². The van der Waals surface area contributed by atoms with Gasteiger partial charge in [-0.25, -0.2) is 8.78 Å². The van der Waals surface area contributed by atoms with Crippen molar-refractivity contribution in [1.29, 1.82) is 0 Å². The van der Waals surface area contributed by atoms with Gasteiger partial charge < -0.3 is 20.1 Å². The number of anilines is 1. The fraction of sp³-hybridized carbons (Fsp3) is 0.457. The lowest BCUT2D eigenvalue weighted by Crippen LogP contribution is -2.51. The molecule has 0 spiro atoms. The third kappa shape index (κ3) is 4.93. The molecule has 4 aromatic rings. The van der Waals surface area contributed by atoms with Crippen molar-refractivity contribution in [3.8, 4) is 35.4 Å². The summed E-state index contributed by atoms with van der Waals surface area (Å²) in [5.41, 5.74) is 0.0851. The van der Waals surface area contributed by atoms with Crippen LogP contribution in [0.2, 0.25) is 0 Å². The zero-order valence-electron chi connectivity index (χ0n) is 25.7. The lowest BCUT2D eigenvalue weighted by Gasteiger charge is -2.34. The number of ether oxygens (including phenoxy) is 1. The fourth-order valence-electron chi connectivity index (χ4n) is 8.25. The largest absolute Gasteiger partial charge is 0.508 e. The van der Waals surface area contributed by atoms with E-state index in [1.807, 2.05) is 11.8 Å². The third-order valence-corrected chi connectivity index (χ3v) is 11.4. The number of benzene rings is 2. The number of piperazine rings is 1. The van der Waals surface area contributed by atoms with E-state index in [-0.39, 0.29) is 39.6 Å². The maximum atomic E-state index is 16.9. The van der Waals surface area contributed by atoms with Crippen molar-refractivity contribution in [2.75, 3.05) is 43.4 Å². The standard InChI is InChI=1S/C35H36F2N6O2S/c1-3-25-28(36)9-6-20-12-23(44)13-26(29(20)25)31-30(37)32-27(15-38-31)33(42-16-21-7-8-22(17-42)39-21)41-34(40-32)45-19-35-10-5-11-43(35)18-24(14-35)46-4-2/h1,6,9,12-13,15,21-22,24,39,44H,4-5,7-8,10-11,14,16-19H2,2H3/t21?,22?,24-,35+/m0/s1. The Bertz CT molecular complexity index is 1890. The number of nitrogens with one attached hydrogen (secondary N) is 1. The number of phenols is 1. The van der Waals surface area contributed by atoms with Crippen molar-refractivity contribution in [1.82, 2.24) is 25.2 Å². The van der Waals surface area contributed by atoms with Crippen LogP contribution in [0.4, 0.5) is 14.6 Å². The Morgan fingerprint density at radius 1 is 1.17 bits per heavy atom. The van der Waals surface area contributed by atoms with Crippen molar-refractivity contribution in [3.05, 3.63) is 47.7 Å². The van der Waals surface area contributed by atoms with Crippen LogP contribution in [0.3, 0.4) is 0 Å². The molecule has 8 rings (SSSR count). The molecule has 4 aliphatic heterocycles. The van der Waals surface area contributed by atoms with Gasteiger partial charge in [-0.3, -0.25) is 9.88 Å². The summed E-state index contributed by atoms with van der Waals surface area (Å²) in [4.78, 5) is 18.9. The Hall–Kier alpha value is -3.72. The number of thioether (sulfide) groups is 1. The maximum absolute atomic E-state index is 16.9. The molecule has 4 saturated heterocycles. The van der Waals surface area contributed by atoms with Crippen LogP contribution in [0.1, 0.15) is 44.6 Å². The first-order valence-corrected chi connectivity index (χ1v) is 17.2. The third-order valence-electron chi connectivity index (χ3n) is 10.3. The van der Waals surface area contributed by atoms with Gasteiger partial charge in [0.15, 0.2) is 5.82 Å². The van der Waals surface area contributed by atoms with E-state index in [4.69, 9.17) is 16.1 Å². The van der Waals surface area contributed by atoms with Gasteiger partial charge in [-0.05, 0) is 68.0 Å². The van der Waals surface area contributed by atoms with E-state index >= 15 is 4.39 Å². The van der Waals surface area contributed by atoms with E-state index in [2.05, 4.69) is 37.9 Å². The zero-order chi connectivity index (χ0) is 31.6. The summed E-state index contributed by atoms with van der Waals surface area (Å²) in [6, 6.07) is 6.39. The second kappa shape index (κ2) is 11.5. The number of aromatic hydroxyl groups is 1. The van der Waals surface area contributed by atoms with Crippen LogP contribution in [-0.4, -0.2) is 86.4 Å². The molecule has 0 radical (unpaired) electrons. The molecule has 238 valence electrons. The van der Waals surface area contributed by atoms with Gasteiger partial charge in [0, 0.05) is 54.1 Å². The number of rotatable bonds is 7. The Morgan fingerprint density at radius 3 is 2.78 bits per heavy atom. The van der Waals surface area contributed by atoms with Crippen LogP contribution < -0.4 is 15.0 Å². The molecule has 6 heterocycles. The molecule has 11 heteroatoms. The predicted molar refractivity (Wildman–Crippen MR) is 178 cm³/mol. The minimum Gasteiger partial charge on any atom is -0.508 e. The Kier molecular flexibility index (Phi) is 7.42. The topological polar surface area (TPSA) is 86.6 Å². The average molecular weight is 643 g/mol. The molecule has 2 aromatic heterocycles. The minimum atomic E-state index is -0.704. The molecule has 2 aromatic carbocycles. The Labute approximate surface area is 270 Å². The summed E-state index contributed by atoms with van der Waals surface area (Å²) in [5, 5.41) is 16.0. The summed E-state index contributed by atoms with van der Waals surface area (Å²) in [6.07, 6.45) is 12.7. The molecule has 2 bridgehead atoms. The fourth-order valence-corrected chi connectivity index (χ4v) is 9.44. The summed E-state index contributed by atoms with van der Waals surface area (Å²) in [7, 11) is 0. The number of phenolic OH excluding ortho intramolecular Hbond substituents is 1. The van der Waals surface area contributed by atoms with Gasteiger partial charge in [-0.15, -0.1) is 6.42 Å². The molecule has 2 unspecified atom stereocenters. The van der Waals surface area contributed by atoms with E-state index in [9.17, 15) is 9.50 Å². The van der Waals surface area contributed by atoms with Crippen LogP contribution >= 0.6 is 11.8 Å². The molecular formula is C35H36F2N6O2S. The van der Waals surface area contributed by atoms with Gasteiger partial charge in [0.05, 0.1) is 16.5 Å². The van der Waals surface area contributed by atoms with Gasteiger partial charge in [0.2, 0.25) is 0 Å². The molecule has 4 fully saturated rings. The molecule has 4 atom stereocenters. The highest BCUT2D eigenvalue weighted by atomic mass is 32.2. The number of hydrogen-bond acceptors (Lipinski definition) is 9. The number of fused-ring (bicyclic) bond motifs is 5.